The van der Waals surface area contributed by atoms with Gasteiger partial charge in [-0.15, -0.1) is 0 Å². The van der Waals surface area contributed by atoms with E-state index in [0.717, 1.165) is 11.1 Å². The molecule has 1 aromatic carbocycles. The van der Waals surface area contributed by atoms with E-state index in [2.05, 4.69) is 15.4 Å². The van der Waals surface area contributed by atoms with Gasteiger partial charge >= 0.3 is 6.03 Å². The molecule has 0 bridgehead atoms. The Morgan fingerprint density at radius 3 is 2.43 bits per heavy atom. The summed E-state index contributed by atoms with van der Waals surface area (Å²) in [6.07, 6.45) is 0. The molecule has 2 rings (SSSR count). The Hall–Kier alpha value is -1.90. The van der Waals surface area contributed by atoms with Crippen LogP contribution in [0.2, 0.25) is 0 Å². The van der Waals surface area contributed by atoms with Crippen molar-refractivity contribution >= 4 is 27.4 Å². The first-order valence-electron chi connectivity index (χ1n) is 7.00. The lowest BCUT2D eigenvalue weighted by atomic mass is 10.1. The summed E-state index contributed by atoms with van der Waals surface area (Å²) in [4.78, 5) is 11.7. The number of rotatable bonds is 7. The minimum Gasteiger partial charge on any atom is -0.334 e. The molecule has 0 aliphatic heterocycles. The smallest absolute Gasteiger partial charge is 0.315 e. The maximum absolute atomic E-state index is 11.7. The highest BCUT2D eigenvalue weighted by molar-refractivity contribution is 7.88. The molecule has 0 spiro atoms. The van der Waals surface area contributed by atoms with Crippen LogP contribution >= 0.6 is 11.3 Å². The second-order valence-corrected chi connectivity index (χ2v) is 7.66. The molecule has 1 heterocycles. The number of carbonyl (C=O) groups excluding carboxylic acids is 1. The number of sulfonamides is 1. The van der Waals surface area contributed by atoms with E-state index in [1.807, 2.05) is 22.9 Å². The van der Waals surface area contributed by atoms with Crippen LogP contribution in [-0.2, 0) is 28.9 Å². The van der Waals surface area contributed by atoms with Gasteiger partial charge in [-0.05, 0) is 40.6 Å². The number of urea groups is 1. The molecule has 0 saturated carbocycles. The molecular formula is C15H19N3O3S2. The van der Waals surface area contributed by atoms with E-state index in [1.165, 1.54) is 7.05 Å². The van der Waals surface area contributed by atoms with Crippen molar-refractivity contribution in [3.8, 4) is 0 Å². The summed E-state index contributed by atoms with van der Waals surface area (Å²) in [5, 5.41) is 9.46. The van der Waals surface area contributed by atoms with Crippen LogP contribution in [0.25, 0.3) is 0 Å². The Morgan fingerprint density at radius 2 is 1.78 bits per heavy atom. The highest BCUT2D eigenvalue weighted by Gasteiger charge is 2.09. The second-order valence-electron chi connectivity index (χ2n) is 4.95. The van der Waals surface area contributed by atoms with Crippen molar-refractivity contribution in [1.82, 2.24) is 15.4 Å². The zero-order chi connectivity index (χ0) is 16.7. The van der Waals surface area contributed by atoms with Gasteiger partial charge in [-0.2, -0.15) is 11.3 Å². The summed E-state index contributed by atoms with van der Waals surface area (Å²) in [5.74, 6) is -0.0817. The van der Waals surface area contributed by atoms with E-state index in [-0.39, 0.29) is 11.8 Å². The first-order chi connectivity index (χ1) is 11.0. The van der Waals surface area contributed by atoms with E-state index in [4.69, 9.17) is 0 Å². The summed E-state index contributed by atoms with van der Waals surface area (Å²) in [6, 6.07) is 8.83. The molecule has 2 amide bonds. The van der Waals surface area contributed by atoms with Crippen molar-refractivity contribution in [1.29, 1.82) is 0 Å². The van der Waals surface area contributed by atoms with Crippen LogP contribution in [0.4, 0.5) is 4.79 Å². The average Bonchev–Trinajstić information content (AvgIpc) is 3.04. The molecular weight excluding hydrogens is 334 g/mol. The Morgan fingerprint density at radius 1 is 1.09 bits per heavy atom. The van der Waals surface area contributed by atoms with Crippen molar-refractivity contribution in [2.45, 2.75) is 18.8 Å². The average molecular weight is 353 g/mol. The highest BCUT2D eigenvalue weighted by atomic mass is 32.2. The minimum absolute atomic E-state index is 0.0817. The fourth-order valence-corrected chi connectivity index (χ4v) is 3.37. The molecule has 6 nitrogen and oxygen atoms in total. The van der Waals surface area contributed by atoms with E-state index < -0.39 is 10.0 Å². The zero-order valence-corrected chi connectivity index (χ0v) is 14.3. The number of hydrogen-bond acceptors (Lipinski definition) is 4. The lowest BCUT2D eigenvalue weighted by Gasteiger charge is -2.09. The van der Waals surface area contributed by atoms with Gasteiger partial charge in [-0.3, -0.25) is 0 Å². The molecule has 0 saturated heterocycles. The number of amides is 2. The maximum atomic E-state index is 11.7. The Bertz CT molecular complexity index is 743. The molecule has 0 aliphatic rings. The first-order valence-corrected chi connectivity index (χ1v) is 9.60. The minimum atomic E-state index is -3.30. The van der Waals surface area contributed by atoms with Gasteiger partial charge in [0.25, 0.3) is 0 Å². The summed E-state index contributed by atoms with van der Waals surface area (Å²) >= 11 is 1.58. The maximum Gasteiger partial charge on any atom is 0.315 e. The Labute approximate surface area is 140 Å². The number of benzene rings is 1. The van der Waals surface area contributed by atoms with Gasteiger partial charge in [0, 0.05) is 13.1 Å². The van der Waals surface area contributed by atoms with E-state index in [9.17, 15) is 13.2 Å². The number of hydrogen-bond donors (Lipinski definition) is 3. The highest BCUT2D eigenvalue weighted by Crippen LogP contribution is 2.09. The third-order valence-corrected chi connectivity index (χ3v) is 5.21. The van der Waals surface area contributed by atoms with Gasteiger partial charge in [0.1, 0.15) is 0 Å². The molecule has 0 atom stereocenters. The summed E-state index contributed by atoms with van der Waals surface area (Å²) < 4.78 is 25.4. The summed E-state index contributed by atoms with van der Waals surface area (Å²) in [5.41, 5.74) is 2.58. The van der Waals surface area contributed by atoms with Crippen LogP contribution in [0, 0.1) is 0 Å². The largest absolute Gasteiger partial charge is 0.334 e. The van der Waals surface area contributed by atoms with Gasteiger partial charge in [0.2, 0.25) is 10.0 Å². The van der Waals surface area contributed by atoms with Crippen LogP contribution in [0.15, 0.2) is 41.1 Å². The van der Waals surface area contributed by atoms with Gasteiger partial charge in [-0.1, -0.05) is 24.3 Å². The SMILES string of the molecule is CNS(=O)(=O)Cc1cccc(CNC(=O)NCc2ccsc2)c1. The molecule has 124 valence electrons. The lowest BCUT2D eigenvalue weighted by Crippen LogP contribution is -2.34. The lowest BCUT2D eigenvalue weighted by molar-refractivity contribution is 0.240. The van der Waals surface area contributed by atoms with E-state index in [0.29, 0.717) is 18.7 Å². The quantitative estimate of drug-likeness (QED) is 0.709. The molecule has 1 aromatic heterocycles. The van der Waals surface area contributed by atoms with Gasteiger partial charge in [0.15, 0.2) is 0 Å². The monoisotopic (exact) mass is 353 g/mol. The van der Waals surface area contributed by atoms with Crippen molar-refractivity contribution in [2.24, 2.45) is 0 Å². The van der Waals surface area contributed by atoms with Crippen LogP contribution in [-0.4, -0.2) is 21.5 Å². The fraction of sp³-hybridized carbons (Fsp3) is 0.267. The van der Waals surface area contributed by atoms with Crippen molar-refractivity contribution in [3.05, 3.63) is 57.8 Å². The Kier molecular flexibility index (Phi) is 6.14. The van der Waals surface area contributed by atoms with Crippen LogP contribution < -0.4 is 15.4 Å². The van der Waals surface area contributed by atoms with E-state index in [1.54, 1.807) is 29.5 Å². The summed E-state index contributed by atoms with van der Waals surface area (Å²) in [7, 11) is -1.92. The van der Waals surface area contributed by atoms with E-state index >= 15 is 0 Å². The molecule has 0 radical (unpaired) electrons. The molecule has 8 heteroatoms. The number of carbonyl (C=O) groups is 1. The number of thiophene rings is 1. The number of nitrogens with one attached hydrogen (secondary N) is 3. The molecule has 3 N–H and O–H groups in total. The van der Waals surface area contributed by atoms with Gasteiger partial charge in [-0.25, -0.2) is 17.9 Å². The fourth-order valence-electron chi connectivity index (χ4n) is 1.94. The molecule has 0 unspecified atom stereocenters. The van der Waals surface area contributed by atoms with Crippen LogP contribution in [0.3, 0.4) is 0 Å². The predicted molar refractivity (Wildman–Crippen MR) is 91.5 cm³/mol. The Balaban J connectivity index is 1.84. The molecule has 0 fully saturated rings. The summed E-state index contributed by atoms with van der Waals surface area (Å²) in [6.45, 7) is 0.818. The topological polar surface area (TPSA) is 87.3 Å². The standard InChI is InChI=1S/C15H19N3O3S2/c1-16-23(20,21)11-13-4-2-3-12(7-13)8-17-15(19)18-9-14-5-6-22-10-14/h2-7,10,16H,8-9,11H2,1H3,(H2,17,18,19). The molecule has 0 aliphatic carbocycles. The van der Waals surface area contributed by atoms with Crippen LogP contribution in [0.5, 0.6) is 0 Å². The molecule has 2 aromatic rings. The molecule has 23 heavy (non-hydrogen) atoms. The van der Waals surface area contributed by atoms with Crippen molar-refractivity contribution in [3.63, 3.8) is 0 Å². The second kappa shape index (κ2) is 8.09. The third kappa shape index (κ3) is 6.01. The predicted octanol–water partition coefficient (Wildman–Crippen LogP) is 1.80. The van der Waals surface area contributed by atoms with Gasteiger partial charge in [0.05, 0.1) is 5.75 Å². The first kappa shape index (κ1) is 17.5. The van der Waals surface area contributed by atoms with Crippen molar-refractivity contribution < 1.29 is 13.2 Å². The third-order valence-electron chi connectivity index (χ3n) is 3.15. The normalized spacial score (nSPS) is 11.2. The van der Waals surface area contributed by atoms with Crippen molar-refractivity contribution in [2.75, 3.05) is 7.05 Å². The van der Waals surface area contributed by atoms with Crippen LogP contribution in [0.1, 0.15) is 16.7 Å². The zero-order valence-electron chi connectivity index (χ0n) is 12.7. The van der Waals surface area contributed by atoms with Gasteiger partial charge < -0.3 is 10.6 Å².